The van der Waals surface area contributed by atoms with Crippen molar-refractivity contribution in [2.24, 2.45) is 0 Å². The van der Waals surface area contributed by atoms with Crippen molar-refractivity contribution in [2.45, 2.75) is 24.7 Å². The quantitative estimate of drug-likeness (QED) is 0.656. The summed E-state index contributed by atoms with van der Waals surface area (Å²) in [5, 5.41) is 11.3. The van der Waals surface area contributed by atoms with E-state index in [0.717, 1.165) is 28.8 Å². The number of aliphatic carboxylic acids is 1. The molecule has 0 aliphatic rings. The highest BCUT2D eigenvalue weighted by Crippen LogP contribution is 2.41. The first kappa shape index (κ1) is 15.7. The number of ether oxygens (including phenoxy) is 1. The Kier molecular flexibility index (Phi) is 4.48. The van der Waals surface area contributed by atoms with Gasteiger partial charge in [-0.25, -0.2) is 4.79 Å². The average molecular weight is 329 g/mol. The molecule has 0 radical (unpaired) electrons. The lowest BCUT2D eigenvalue weighted by atomic mass is 10.0. The lowest BCUT2D eigenvalue weighted by molar-refractivity contribution is -0.139. The Morgan fingerprint density at radius 1 is 1.35 bits per heavy atom. The SMILES string of the molecule is CCCc1cc(OCC(=O)O)c(SC)c2[nH]c3ccccc3c12. The highest BCUT2D eigenvalue weighted by atomic mass is 32.2. The van der Waals surface area contributed by atoms with Gasteiger partial charge in [-0.1, -0.05) is 31.5 Å². The number of hydrogen-bond acceptors (Lipinski definition) is 3. The van der Waals surface area contributed by atoms with Crippen molar-refractivity contribution in [1.29, 1.82) is 0 Å². The van der Waals surface area contributed by atoms with Gasteiger partial charge in [-0.15, -0.1) is 11.8 Å². The van der Waals surface area contributed by atoms with E-state index in [-0.39, 0.29) is 6.61 Å². The van der Waals surface area contributed by atoms with Crippen LogP contribution in [-0.4, -0.2) is 28.9 Å². The van der Waals surface area contributed by atoms with Crippen LogP contribution in [0.5, 0.6) is 5.75 Å². The molecule has 0 unspecified atom stereocenters. The molecule has 3 rings (SSSR count). The van der Waals surface area contributed by atoms with Crippen LogP contribution in [0.4, 0.5) is 0 Å². The van der Waals surface area contributed by atoms with Crippen LogP contribution >= 0.6 is 11.8 Å². The number of carbonyl (C=O) groups is 1. The molecule has 0 saturated carbocycles. The summed E-state index contributed by atoms with van der Waals surface area (Å²) in [4.78, 5) is 15.3. The average Bonchev–Trinajstić information content (AvgIpc) is 2.92. The number of carboxylic acids is 1. The Bertz CT molecular complexity index is 869. The molecule has 120 valence electrons. The third-order valence-electron chi connectivity index (χ3n) is 3.86. The van der Waals surface area contributed by atoms with Gasteiger partial charge in [0.1, 0.15) is 5.75 Å². The van der Waals surface area contributed by atoms with Crippen LogP contribution in [0.3, 0.4) is 0 Å². The summed E-state index contributed by atoms with van der Waals surface area (Å²) < 4.78 is 5.54. The Morgan fingerprint density at radius 2 is 2.13 bits per heavy atom. The monoisotopic (exact) mass is 329 g/mol. The van der Waals surface area contributed by atoms with E-state index in [9.17, 15) is 4.79 Å². The summed E-state index contributed by atoms with van der Waals surface area (Å²) >= 11 is 1.57. The molecule has 0 atom stereocenters. The Labute approximate surface area is 138 Å². The van der Waals surface area contributed by atoms with Gasteiger partial charge in [0.25, 0.3) is 0 Å². The molecule has 0 saturated heterocycles. The standard InChI is InChI=1S/C18H19NO3S/c1-3-6-11-9-14(22-10-15(20)21)18(23-2)17-16(11)12-7-4-5-8-13(12)19-17/h4-5,7-9,19H,3,6,10H2,1-2H3,(H,20,21). The number of fused-ring (bicyclic) bond motifs is 3. The number of aryl methyl sites for hydroxylation is 1. The van der Waals surface area contributed by atoms with E-state index in [1.54, 1.807) is 11.8 Å². The summed E-state index contributed by atoms with van der Waals surface area (Å²) in [5.74, 6) is -0.326. The van der Waals surface area contributed by atoms with Crippen molar-refractivity contribution in [3.63, 3.8) is 0 Å². The third-order valence-corrected chi connectivity index (χ3v) is 4.67. The molecule has 0 fully saturated rings. The van der Waals surface area contributed by atoms with Crippen LogP contribution in [0, 0.1) is 0 Å². The molecule has 2 aromatic carbocycles. The predicted octanol–water partition coefficient (Wildman–Crippen LogP) is 4.46. The Morgan fingerprint density at radius 3 is 2.83 bits per heavy atom. The van der Waals surface area contributed by atoms with Gasteiger partial charge in [0.15, 0.2) is 6.61 Å². The summed E-state index contributed by atoms with van der Waals surface area (Å²) in [6.45, 7) is 1.81. The number of aromatic amines is 1. The van der Waals surface area contributed by atoms with E-state index in [2.05, 4.69) is 24.0 Å². The Hall–Kier alpha value is -2.14. The molecule has 5 heteroatoms. The molecule has 0 spiro atoms. The first-order chi connectivity index (χ1) is 11.2. The predicted molar refractivity (Wildman–Crippen MR) is 94.7 cm³/mol. The summed E-state index contributed by atoms with van der Waals surface area (Å²) in [7, 11) is 0. The number of thioether (sulfide) groups is 1. The first-order valence-corrected chi connectivity index (χ1v) is 8.83. The second-order valence-corrected chi connectivity index (χ2v) is 6.24. The minimum Gasteiger partial charge on any atom is -0.481 e. The first-order valence-electron chi connectivity index (χ1n) is 7.60. The van der Waals surface area contributed by atoms with E-state index in [1.165, 1.54) is 16.3 Å². The van der Waals surface area contributed by atoms with Crippen LogP contribution < -0.4 is 4.74 Å². The zero-order valence-electron chi connectivity index (χ0n) is 13.2. The lowest BCUT2D eigenvalue weighted by Crippen LogP contribution is -2.10. The van der Waals surface area contributed by atoms with E-state index in [0.29, 0.717) is 5.75 Å². The fourth-order valence-corrected chi connectivity index (χ4v) is 3.66. The van der Waals surface area contributed by atoms with Gasteiger partial charge in [-0.3, -0.25) is 0 Å². The molecule has 4 nitrogen and oxygen atoms in total. The van der Waals surface area contributed by atoms with Crippen molar-refractivity contribution >= 4 is 39.5 Å². The molecule has 0 aliphatic carbocycles. The van der Waals surface area contributed by atoms with Crippen molar-refractivity contribution < 1.29 is 14.6 Å². The van der Waals surface area contributed by atoms with E-state index in [1.807, 2.05) is 24.5 Å². The molecule has 3 aromatic rings. The minimum atomic E-state index is -0.967. The van der Waals surface area contributed by atoms with Crippen molar-refractivity contribution in [2.75, 3.05) is 12.9 Å². The van der Waals surface area contributed by atoms with Gasteiger partial charge in [0, 0.05) is 16.3 Å². The third kappa shape index (κ3) is 2.88. The highest BCUT2D eigenvalue weighted by Gasteiger charge is 2.17. The summed E-state index contributed by atoms with van der Waals surface area (Å²) in [5.41, 5.74) is 3.31. The second kappa shape index (κ2) is 6.54. The van der Waals surface area contributed by atoms with Gasteiger partial charge in [0.05, 0.1) is 10.4 Å². The number of nitrogens with one attached hydrogen (secondary N) is 1. The number of para-hydroxylation sites is 1. The fourth-order valence-electron chi connectivity index (χ4n) is 2.98. The van der Waals surface area contributed by atoms with Crippen molar-refractivity contribution in [3.8, 4) is 5.75 Å². The van der Waals surface area contributed by atoms with Crippen LogP contribution in [0.2, 0.25) is 0 Å². The lowest BCUT2D eigenvalue weighted by Gasteiger charge is -2.13. The van der Waals surface area contributed by atoms with Gasteiger partial charge >= 0.3 is 5.97 Å². The van der Waals surface area contributed by atoms with E-state index < -0.39 is 5.97 Å². The van der Waals surface area contributed by atoms with Gasteiger partial charge in [-0.05, 0) is 30.4 Å². The van der Waals surface area contributed by atoms with E-state index >= 15 is 0 Å². The van der Waals surface area contributed by atoms with Crippen LogP contribution in [0.25, 0.3) is 21.8 Å². The molecular weight excluding hydrogens is 310 g/mol. The molecule has 0 bridgehead atoms. The number of benzene rings is 2. The topological polar surface area (TPSA) is 62.3 Å². The van der Waals surface area contributed by atoms with Crippen LogP contribution in [-0.2, 0) is 11.2 Å². The normalized spacial score (nSPS) is 11.2. The number of aromatic nitrogens is 1. The summed E-state index contributed by atoms with van der Waals surface area (Å²) in [6.07, 6.45) is 3.93. The van der Waals surface area contributed by atoms with Gasteiger partial charge in [0.2, 0.25) is 0 Å². The molecule has 23 heavy (non-hydrogen) atoms. The number of rotatable bonds is 6. The fraction of sp³-hybridized carbons (Fsp3) is 0.278. The molecular formula is C18H19NO3S. The zero-order valence-corrected chi connectivity index (χ0v) is 14.0. The highest BCUT2D eigenvalue weighted by molar-refractivity contribution is 7.99. The molecule has 1 heterocycles. The molecule has 0 aliphatic heterocycles. The maximum absolute atomic E-state index is 10.8. The van der Waals surface area contributed by atoms with Gasteiger partial charge < -0.3 is 14.8 Å². The van der Waals surface area contributed by atoms with Crippen LogP contribution in [0.15, 0.2) is 35.2 Å². The van der Waals surface area contributed by atoms with Crippen LogP contribution in [0.1, 0.15) is 18.9 Å². The molecule has 0 amide bonds. The van der Waals surface area contributed by atoms with Crippen molar-refractivity contribution in [3.05, 3.63) is 35.9 Å². The van der Waals surface area contributed by atoms with E-state index in [4.69, 9.17) is 9.84 Å². The number of hydrogen-bond donors (Lipinski definition) is 2. The maximum Gasteiger partial charge on any atom is 0.341 e. The number of carboxylic acid groups (broad SMARTS) is 1. The molecule has 1 aromatic heterocycles. The molecule has 2 N–H and O–H groups in total. The Balaban J connectivity index is 2.29. The summed E-state index contributed by atoms with van der Waals surface area (Å²) in [6, 6.07) is 10.2. The minimum absolute atomic E-state index is 0.329. The smallest absolute Gasteiger partial charge is 0.341 e. The maximum atomic E-state index is 10.8. The van der Waals surface area contributed by atoms with Gasteiger partial charge in [-0.2, -0.15) is 0 Å². The largest absolute Gasteiger partial charge is 0.481 e. The second-order valence-electron chi connectivity index (χ2n) is 5.42. The van der Waals surface area contributed by atoms with Crippen molar-refractivity contribution in [1.82, 2.24) is 4.98 Å². The zero-order chi connectivity index (χ0) is 16.4. The number of H-pyrrole nitrogens is 1.